The Labute approximate surface area is 132 Å². The second-order valence-electron chi connectivity index (χ2n) is 5.70. The van der Waals surface area contributed by atoms with Crippen LogP contribution in [0.25, 0.3) is 11.1 Å². The van der Waals surface area contributed by atoms with Crippen LogP contribution in [0.15, 0.2) is 42.5 Å². The summed E-state index contributed by atoms with van der Waals surface area (Å²) < 4.78 is 5.53. The number of benzene rings is 2. The number of hydrogen-bond donors (Lipinski definition) is 1. The number of aromatic hydroxyl groups is 1. The summed E-state index contributed by atoms with van der Waals surface area (Å²) in [6, 6.07) is 14.1. The van der Waals surface area contributed by atoms with Gasteiger partial charge in [-0.3, -0.25) is 0 Å². The van der Waals surface area contributed by atoms with Crippen molar-refractivity contribution in [2.75, 3.05) is 6.61 Å². The number of phenols is 1. The van der Waals surface area contributed by atoms with E-state index in [2.05, 4.69) is 26.0 Å². The molecule has 0 saturated heterocycles. The second kappa shape index (κ2) is 5.88. The van der Waals surface area contributed by atoms with Gasteiger partial charge in [-0.2, -0.15) is 0 Å². The smallest absolute Gasteiger partial charge is 0.119 e. The molecule has 0 aromatic heterocycles. The zero-order chi connectivity index (χ0) is 15.7. The van der Waals surface area contributed by atoms with Crippen molar-refractivity contribution in [2.24, 2.45) is 0 Å². The van der Waals surface area contributed by atoms with Crippen LogP contribution in [0.4, 0.5) is 0 Å². The van der Waals surface area contributed by atoms with E-state index in [1.54, 1.807) is 6.07 Å². The highest BCUT2D eigenvalue weighted by atomic mass is 16.5. The van der Waals surface area contributed by atoms with Crippen LogP contribution in [-0.4, -0.2) is 11.7 Å². The summed E-state index contributed by atoms with van der Waals surface area (Å²) in [5.41, 5.74) is 6.48. The number of ether oxygens (including phenoxy) is 1. The maximum Gasteiger partial charge on any atom is 0.119 e. The average molecular weight is 294 g/mol. The zero-order valence-electron chi connectivity index (χ0n) is 13.4. The van der Waals surface area contributed by atoms with Gasteiger partial charge in [-0.15, -0.1) is 0 Å². The first-order chi connectivity index (χ1) is 10.7. The van der Waals surface area contributed by atoms with Gasteiger partial charge in [-0.05, 0) is 65.4 Å². The second-order valence-corrected chi connectivity index (χ2v) is 5.70. The zero-order valence-corrected chi connectivity index (χ0v) is 13.4. The fourth-order valence-corrected chi connectivity index (χ4v) is 3.45. The Morgan fingerprint density at radius 2 is 1.77 bits per heavy atom. The Morgan fingerprint density at radius 3 is 2.41 bits per heavy atom. The predicted octanol–water partition coefficient (Wildman–Crippen LogP) is 5.23. The normalized spacial score (nSPS) is 16.8. The summed E-state index contributed by atoms with van der Waals surface area (Å²) in [5.74, 6) is 1.55. The average Bonchev–Trinajstić information content (AvgIpc) is 2.80. The van der Waals surface area contributed by atoms with Crippen molar-refractivity contribution in [3.63, 3.8) is 0 Å². The van der Waals surface area contributed by atoms with Crippen LogP contribution in [0.1, 0.15) is 49.8 Å². The van der Waals surface area contributed by atoms with E-state index in [-0.39, 0.29) is 0 Å². The molecule has 1 aliphatic carbocycles. The number of phenolic OH excluding ortho intramolecular Hbond substituents is 1. The van der Waals surface area contributed by atoms with Crippen molar-refractivity contribution in [3.8, 4) is 11.5 Å². The number of hydrogen-bond acceptors (Lipinski definition) is 2. The molecule has 2 aromatic carbocycles. The van der Waals surface area contributed by atoms with Crippen LogP contribution in [0.2, 0.25) is 0 Å². The van der Waals surface area contributed by atoms with Gasteiger partial charge in [0, 0.05) is 5.92 Å². The van der Waals surface area contributed by atoms with Gasteiger partial charge in [0.2, 0.25) is 0 Å². The number of fused-ring (bicyclic) bond motifs is 1. The molecule has 0 unspecified atom stereocenters. The van der Waals surface area contributed by atoms with Gasteiger partial charge in [-0.1, -0.05) is 32.0 Å². The molecule has 0 aliphatic heterocycles. The first-order valence-electron chi connectivity index (χ1n) is 7.95. The molecule has 0 saturated carbocycles. The summed E-state index contributed by atoms with van der Waals surface area (Å²) >= 11 is 0. The Bertz CT molecular complexity index is 711. The predicted molar refractivity (Wildman–Crippen MR) is 91.2 cm³/mol. The summed E-state index contributed by atoms with van der Waals surface area (Å²) in [7, 11) is 0. The molecule has 2 nitrogen and oxygen atoms in total. The molecule has 0 spiro atoms. The molecule has 0 bridgehead atoms. The van der Waals surface area contributed by atoms with Crippen molar-refractivity contribution in [3.05, 3.63) is 59.2 Å². The molecule has 2 aromatic rings. The topological polar surface area (TPSA) is 29.5 Å². The minimum atomic E-state index is 0.301. The van der Waals surface area contributed by atoms with Crippen molar-refractivity contribution >= 4 is 11.1 Å². The molecule has 0 amide bonds. The van der Waals surface area contributed by atoms with Crippen LogP contribution < -0.4 is 4.74 Å². The maximum atomic E-state index is 9.79. The molecule has 0 radical (unpaired) electrons. The Morgan fingerprint density at radius 1 is 1.05 bits per heavy atom. The maximum absolute atomic E-state index is 9.79. The molecule has 0 heterocycles. The fraction of sp³-hybridized carbons (Fsp3) is 0.300. The number of allylic oxidation sites excluding steroid dienone is 2. The third-order valence-corrected chi connectivity index (χ3v) is 4.41. The molecule has 0 fully saturated rings. The summed E-state index contributed by atoms with van der Waals surface area (Å²) in [6.07, 6.45) is 0.991. The van der Waals surface area contributed by atoms with Gasteiger partial charge in [0.05, 0.1) is 6.61 Å². The fourth-order valence-electron chi connectivity index (χ4n) is 3.45. The first-order valence-corrected chi connectivity index (χ1v) is 7.95. The highest BCUT2D eigenvalue weighted by Crippen LogP contribution is 2.48. The van der Waals surface area contributed by atoms with Crippen LogP contribution >= 0.6 is 0 Å². The first kappa shape index (κ1) is 14.7. The molecule has 3 rings (SSSR count). The standard InChI is InChI=1S/C20H22O2/c1-4-17-18-11-8-15(21)12-19(18)13(3)20(17)14-6-9-16(10-7-14)22-5-2/h6-13,21H,4-5H2,1-3H3/t13-/m0/s1. The number of rotatable bonds is 4. The van der Waals surface area contributed by atoms with Crippen molar-refractivity contribution in [2.45, 2.75) is 33.1 Å². The summed E-state index contributed by atoms with van der Waals surface area (Å²) in [6.45, 7) is 7.09. The lowest BCUT2D eigenvalue weighted by Gasteiger charge is -2.13. The van der Waals surface area contributed by atoms with Gasteiger partial charge in [0.15, 0.2) is 0 Å². The lowest BCUT2D eigenvalue weighted by atomic mass is 9.92. The van der Waals surface area contributed by atoms with Gasteiger partial charge in [0.1, 0.15) is 11.5 Å². The van der Waals surface area contributed by atoms with Crippen molar-refractivity contribution in [1.29, 1.82) is 0 Å². The van der Waals surface area contributed by atoms with Gasteiger partial charge < -0.3 is 9.84 Å². The van der Waals surface area contributed by atoms with Gasteiger partial charge >= 0.3 is 0 Å². The van der Waals surface area contributed by atoms with E-state index in [0.29, 0.717) is 18.3 Å². The molecule has 114 valence electrons. The SMILES string of the molecule is CCOc1ccc(C2=C(CC)c3ccc(O)cc3[C@@H]2C)cc1. The van der Waals surface area contributed by atoms with Crippen LogP contribution in [0.3, 0.4) is 0 Å². The summed E-state index contributed by atoms with van der Waals surface area (Å²) in [5, 5.41) is 9.79. The van der Waals surface area contributed by atoms with Gasteiger partial charge in [0.25, 0.3) is 0 Å². The van der Waals surface area contributed by atoms with Crippen LogP contribution in [-0.2, 0) is 0 Å². The quantitative estimate of drug-likeness (QED) is 0.836. The molecular formula is C20H22O2. The third kappa shape index (κ3) is 2.39. The van der Waals surface area contributed by atoms with E-state index >= 15 is 0 Å². The molecule has 1 N–H and O–H groups in total. The van der Waals surface area contributed by atoms with Crippen LogP contribution in [0.5, 0.6) is 11.5 Å². The lowest BCUT2D eigenvalue weighted by molar-refractivity contribution is 0.340. The van der Waals surface area contributed by atoms with E-state index in [4.69, 9.17) is 4.74 Å². The summed E-state index contributed by atoms with van der Waals surface area (Å²) in [4.78, 5) is 0. The Kier molecular flexibility index (Phi) is 3.93. The van der Waals surface area contributed by atoms with E-state index in [1.807, 2.05) is 31.2 Å². The van der Waals surface area contributed by atoms with E-state index in [0.717, 1.165) is 12.2 Å². The molecule has 22 heavy (non-hydrogen) atoms. The Hall–Kier alpha value is -2.22. The highest BCUT2D eigenvalue weighted by Gasteiger charge is 2.28. The van der Waals surface area contributed by atoms with Gasteiger partial charge in [-0.25, -0.2) is 0 Å². The lowest BCUT2D eigenvalue weighted by Crippen LogP contribution is -1.95. The van der Waals surface area contributed by atoms with Crippen LogP contribution in [0, 0.1) is 0 Å². The molecular weight excluding hydrogens is 272 g/mol. The van der Waals surface area contributed by atoms with E-state index in [9.17, 15) is 5.11 Å². The molecule has 2 heteroatoms. The molecule has 1 atom stereocenters. The van der Waals surface area contributed by atoms with E-state index in [1.165, 1.54) is 27.8 Å². The highest BCUT2D eigenvalue weighted by molar-refractivity contribution is 5.99. The molecule has 1 aliphatic rings. The largest absolute Gasteiger partial charge is 0.508 e. The third-order valence-electron chi connectivity index (χ3n) is 4.41. The minimum Gasteiger partial charge on any atom is -0.508 e. The van der Waals surface area contributed by atoms with E-state index < -0.39 is 0 Å². The van der Waals surface area contributed by atoms with Crippen molar-refractivity contribution < 1.29 is 9.84 Å². The van der Waals surface area contributed by atoms with Crippen molar-refractivity contribution in [1.82, 2.24) is 0 Å². The monoisotopic (exact) mass is 294 g/mol. The minimum absolute atomic E-state index is 0.301. The Balaban J connectivity index is 2.05.